The Morgan fingerprint density at radius 3 is 3.00 bits per heavy atom. The summed E-state index contributed by atoms with van der Waals surface area (Å²) in [5.41, 5.74) is 2.29. The van der Waals surface area contributed by atoms with Crippen molar-refractivity contribution in [2.75, 3.05) is 5.88 Å². The van der Waals surface area contributed by atoms with Crippen LogP contribution in [0.4, 0.5) is 0 Å². The molecule has 2 heterocycles. The summed E-state index contributed by atoms with van der Waals surface area (Å²) in [4.78, 5) is 9.03. The molecule has 2 aromatic heterocycles. The number of hydrogen-bond acceptors (Lipinski definition) is 4. The number of fused-ring (bicyclic) bond motifs is 1. The van der Waals surface area contributed by atoms with Crippen molar-refractivity contribution in [3.63, 3.8) is 0 Å². The summed E-state index contributed by atoms with van der Waals surface area (Å²) in [7, 11) is 0. The van der Waals surface area contributed by atoms with Crippen LogP contribution in [0.3, 0.4) is 0 Å². The first-order chi connectivity index (χ1) is 10.3. The zero-order valence-corrected chi connectivity index (χ0v) is 13.0. The molecule has 3 rings (SSSR count). The van der Waals surface area contributed by atoms with E-state index in [0.29, 0.717) is 17.9 Å². The highest BCUT2D eigenvalue weighted by molar-refractivity contribution is 7.09. The molecule has 0 radical (unpaired) electrons. The fourth-order valence-corrected chi connectivity index (χ4v) is 3.35. The van der Waals surface area contributed by atoms with Crippen molar-refractivity contribution in [1.29, 1.82) is 5.26 Å². The topological polar surface area (TPSA) is 54.5 Å². The van der Waals surface area contributed by atoms with Gasteiger partial charge in [0, 0.05) is 23.9 Å². The van der Waals surface area contributed by atoms with Gasteiger partial charge >= 0.3 is 0 Å². The van der Waals surface area contributed by atoms with Gasteiger partial charge in [-0.05, 0) is 19.1 Å². The van der Waals surface area contributed by atoms with Gasteiger partial charge in [-0.3, -0.25) is 0 Å². The van der Waals surface area contributed by atoms with Gasteiger partial charge in [-0.15, -0.1) is 22.9 Å². The van der Waals surface area contributed by atoms with Crippen LogP contribution in [0.1, 0.15) is 29.4 Å². The Morgan fingerprint density at radius 2 is 2.33 bits per heavy atom. The predicted octanol–water partition coefficient (Wildman–Crippen LogP) is 3.76. The second-order valence-electron chi connectivity index (χ2n) is 4.67. The maximum atomic E-state index is 9.25. The number of benzene rings is 1. The summed E-state index contributed by atoms with van der Waals surface area (Å²) < 4.78 is 2.14. The fraction of sp³-hybridized carbons (Fsp3) is 0.267. The molecule has 0 saturated heterocycles. The molecule has 6 heteroatoms. The molecule has 1 aromatic carbocycles. The van der Waals surface area contributed by atoms with Crippen LogP contribution in [0.5, 0.6) is 0 Å². The van der Waals surface area contributed by atoms with Gasteiger partial charge in [-0.1, -0.05) is 6.07 Å². The molecular formula is C15H13ClN4S. The quantitative estimate of drug-likeness (QED) is 0.689. The number of aryl methyl sites for hydroxylation is 1. The molecule has 3 aromatic rings. The molecule has 4 nitrogen and oxygen atoms in total. The largest absolute Gasteiger partial charge is 0.318 e. The van der Waals surface area contributed by atoms with Crippen molar-refractivity contribution in [3.05, 3.63) is 46.2 Å². The molecular weight excluding hydrogens is 304 g/mol. The maximum Gasteiger partial charge on any atom is 0.115 e. The number of para-hydroxylation sites is 1. The van der Waals surface area contributed by atoms with Crippen LogP contribution in [0.25, 0.3) is 11.0 Å². The lowest BCUT2D eigenvalue weighted by molar-refractivity contribution is 0.620. The first-order valence-electron chi connectivity index (χ1n) is 6.61. The standard InChI is InChI=1S/C15H13ClN4S/c1-10(15-18-7-8-21-15)20-12-4-2-3-11(9-17)14(12)19-13(20)5-6-16/h2-4,7-8,10H,5-6H2,1H3. The van der Waals surface area contributed by atoms with Gasteiger partial charge < -0.3 is 4.57 Å². The minimum Gasteiger partial charge on any atom is -0.318 e. The Morgan fingerprint density at radius 1 is 1.48 bits per heavy atom. The third kappa shape index (κ3) is 2.41. The Labute approximate surface area is 131 Å². The predicted molar refractivity (Wildman–Crippen MR) is 84.8 cm³/mol. The molecule has 0 amide bonds. The monoisotopic (exact) mass is 316 g/mol. The van der Waals surface area contributed by atoms with Gasteiger partial charge in [0.2, 0.25) is 0 Å². The van der Waals surface area contributed by atoms with Crippen molar-refractivity contribution >= 4 is 34.0 Å². The number of aromatic nitrogens is 3. The zero-order chi connectivity index (χ0) is 14.8. The van der Waals surface area contributed by atoms with Crippen molar-refractivity contribution in [3.8, 4) is 6.07 Å². The first-order valence-corrected chi connectivity index (χ1v) is 8.03. The maximum absolute atomic E-state index is 9.25. The lowest BCUT2D eigenvalue weighted by Crippen LogP contribution is -2.11. The normalized spacial score (nSPS) is 12.4. The highest BCUT2D eigenvalue weighted by atomic mass is 35.5. The Hall–Kier alpha value is -1.90. The van der Waals surface area contributed by atoms with Crippen LogP contribution in [-0.4, -0.2) is 20.4 Å². The summed E-state index contributed by atoms with van der Waals surface area (Å²) in [5.74, 6) is 1.39. The van der Waals surface area contributed by atoms with Crippen molar-refractivity contribution in [1.82, 2.24) is 14.5 Å². The molecule has 0 aliphatic heterocycles. The molecule has 0 aliphatic carbocycles. The van der Waals surface area contributed by atoms with Gasteiger partial charge in [0.1, 0.15) is 22.4 Å². The SMILES string of the molecule is CC(c1nccs1)n1c(CCCl)nc2c(C#N)cccc21. The van der Waals surface area contributed by atoms with Crippen LogP contribution in [-0.2, 0) is 6.42 Å². The molecule has 0 N–H and O–H groups in total. The van der Waals surface area contributed by atoms with E-state index >= 15 is 0 Å². The third-order valence-electron chi connectivity index (χ3n) is 3.43. The highest BCUT2D eigenvalue weighted by Gasteiger charge is 2.19. The molecule has 0 fully saturated rings. The molecule has 1 atom stereocenters. The summed E-state index contributed by atoms with van der Waals surface area (Å²) in [6, 6.07) is 7.94. The second-order valence-corrected chi connectivity index (χ2v) is 5.97. The first kappa shape index (κ1) is 14.1. The lowest BCUT2D eigenvalue weighted by atomic mass is 10.2. The van der Waals surface area contributed by atoms with E-state index in [0.717, 1.165) is 21.9 Å². The molecule has 0 bridgehead atoms. The van der Waals surface area contributed by atoms with Crippen LogP contribution in [0, 0.1) is 11.3 Å². The number of nitrogens with zero attached hydrogens (tertiary/aromatic N) is 4. The average molecular weight is 317 g/mol. The molecule has 1 unspecified atom stereocenters. The number of nitriles is 1. The molecule has 21 heavy (non-hydrogen) atoms. The van der Waals surface area contributed by atoms with Gasteiger partial charge in [0.05, 0.1) is 17.1 Å². The van der Waals surface area contributed by atoms with Crippen LogP contribution in [0.2, 0.25) is 0 Å². The van der Waals surface area contributed by atoms with E-state index in [4.69, 9.17) is 11.6 Å². The van der Waals surface area contributed by atoms with E-state index in [1.54, 1.807) is 23.6 Å². The van der Waals surface area contributed by atoms with Gasteiger partial charge in [-0.25, -0.2) is 9.97 Å². The zero-order valence-electron chi connectivity index (χ0n) is 11.5. The van der Waals surface area contributed by atoms with Crippen LogP contribution < -0.4 is 0 Å². The van der Waals surface area contributed by atoms with Crippen molar-refractivity contribution in [2.45, 2.75) is 19.4 Å². The molecule has 0 saturated carbocycles. The van der Waals surface area contributed by atoms with Crippen LogP contribution >= 0.6 is 22.9 Å². The Kier molecular flexibility index (Phi) is 3.91. The Balaban J connectivity index is 2.24. The van der Waals surface area contributed by atoms with E-state index in [9.17, 15) is 5.26 Å². The van der Waals surface area contributed by atoms with Crippen molar-refractivity contribution in [2.24, 2.45) is 0 Å². The summed E-state index contributed by atoms with van der Waals surface area (Å²) in [5, 5.41) is 12.2. The number of thiazole rings is 1. The fourth-order valence-electron chi connectivity index (χ4n) is 2.50. The number of imidazole rings is 1. The van der Waals surface area contributed by atoms with E-state index in [-0.39, 0.29) is 6.04 Å². The number of hydrogen-bond donors (Lipinski definition) is 0. The van der Waals surface area contributed by atoms with E-state index < -0.39 is 0 Å². The third-order valence-corrected chi connectivity index (χ3v) is 4.56. The highest BCUT2D eigenvalue weighted by Crippen LogP contribution is 2.28. The Bertz CT molecular complexity index is 801. The average Bonchev–Trinajstić information content (AvgIpc) is 3.14. The summed E-state index contributed by atoms with van der Waals surface area (Å²) in [6.07, 6.45) is 2.47. The van der Waals surface area contributed by atoms with Gasteiger partial charge in [0.25, 0.3) is 0 Å². The van der Waals surface area contributed by atoms with Gasteiger partial charge in [-0.2, -0.15) is 5.26 Å². The van der Waals surface area contributed by atoms with Crippen molar-refractivity contribution < 1.29 is 0 Å². The second kappa shape index (κ2) is 5.84. The number of alkyl halides is 1. The lowest BCUT2D eigenvalue weighted by Gasteiger charge is -2.15. The van der Waals surface area contributed by atoms with Crippen LogP contribution in [0.15, 0.2) is 29.8 Å². The van der Waals surface area contributed by atoms with E-state index in [1.165, 1.54) is 0 Å². The summed E-state index contributed by atoms with van der Waals surface area (Å²) >= 11 is 7.52. The van der Waals surface area contributed by atoms with E-state index in [2.05, 4.69) is 27.5 Å². The molecule has 0 spiro atoms. The minimum absolute atomic E-state index is 0.0714. The minimum atomic E-state index is 0.0714. The summed E-state index contributed by atoms with van der Waals surface area (Å²) in [6.45, 7) is 2.09. The smallest absolute Gasteiger partial charge is 0.115 e. The van der Waals surface area contributed by atoms with Gasteiger partial charge in [0.15, 0.2) is 0 Å². The van der Waals surface area contributed by atoms with E-state index in [1.807, 2.05) is 17.5 Å². The molecule has 0 aliphatic rings. The number of halogens is 1. The number of rotatable bonds is 4. The molecule has 106 valence electrons.